The van der Waals surface area contributed by atoms with Crippen molar-refractivity contribution in [3.8, 4) is 5.69 Å². The fourth-order valence-electron chi connectivity index (χ4n) is 1.87. The van der Waals surface area contributed by atoms with Gasteiger partial charge in [-0.15, -0.1) is 17.5 Å². The smallest absolute Gasteiger partial charge is 0.227 e. The van der Waals surface area contributed by atoms with Gasteiger partial charge >= 0.3 is 0 Å². The fraction of sp³-hybridized carbons (Fsp3) is 0.385. The van der Waals surface area contributed by atoms with Gasteiger partial charge in [0.25, 0.3) is 0 Å². The number of nitrogens with zero attached hydrogens (tertiary/aromatic N) is 4. The lowest BCUT2D eigenvalue weighted by Gasteiger charge is -2.13. The summed E-state index contributed by atoms with van der Waals surface area (Å²) in [4.78, 5) is 11.9. The van der Waals surface area contributed by atoms with Crippen LogP contribution in [0.4, 0.5) is 5.69 Å². The highest BCUT2D eigenvalue weighted by Crippen LogP contribution is 2.15. The Bertz CT molecular complexity index is 614. The van der Waals surface area contributed by atoms with Gasteiger partial charge in [0.05, 0.1) is 18.2 Å². The predicted molar refractivity (Wildman–Crippen MR) is 84.2 cm³/mol. The average molecular weight is 327 g/mol. The van der Waals surface area contributed by atoms with Crippen LogP contribution >= 0.6 is 12.4 Å². The zero-order valence-electron chi connectivity index (χ0n) is 12.4. The van der Waals surface area contributed by atoms with Gasteiger partial charge in [0.15, 0.2) is 5.82 Å². The number of hydrogen-bond acceptors (Lipinski definition) is 6. The number of aromatic nitrogens is 4. The molecule has 2 rings (SSSR count). The van der Waals surface area contributed by atoms with Crippen LogP contribution < -0.4 is 11.1 Å². The van der Waals surface area contributed by atoms with Gasteiger partial charge in [-0.3, -0.25) is 4.79 Å². The monoisotopic (exact) mass is 326 g/mol. The third-order valence-corrected chi connectivity index (χ3v) is 3.01. The number of rotatable bonds is 6. The summed E-state index contributed by atoms with van der Waals surface area (Å²) in [6, 6.07) is 7.27. The van der Waals surface area contributed by atoms with E-state index in [1.54, 1.807) is 23.7 Å². The van der Waals surface area contributed by atoms with E-state index in [0.29, 0.717) is 18.1 Å². The molecule has 22 heavy (non-hydrogen) atoms. The SMILES string of the molecule is COC(CN)CC(=O)Nc1cccc(-n2nnnc2C)c1.Cl. The number of benzene rings is 1. The predicted octanol–water partition coefficient (Wildman–Crippen LogP) is 0.695. The summed E-state index contributed by atoms with van der Waals surface area (Å²) in [5.41, 5.74) is 6.94. The Morgan fingerprint density at radius 3 is 2.86 bits per heavy atom. The van der Waals surface area contributed by atoms with Crippen LogP contribution in [-0.2, 0) is 9.53 Å². The Balaban J connectivity index is 0.00000242. The number of methoxy groups -OCH3 is 1. The molecule has 1 unspecified atom stereocenters. The van der Waals surface area contributed by atoms with Crippen molar-refractivity contribution in [1.82, 2.24) is 20.2 Å². The van der Waals surface area contributed by atoms with E-state index in [2.05, 4.69) is 20.8 Å². The summed E-state index contributed by atoms with van der Waals surface area (Å²) in [6.07, 6.45) is -0.0730. The van der Waals surface area contributed by atoms with E-state index in [1.807, 2.05) is 12.1 Å². The second kappa shape index (κ2) is 8.42. The maximum atomic E-state index is 11.9. The molecule has 0 aliphatic heterocycles. The Labute approximate surface area is 134 Å². The van der Waals surface area contributed by atoms with Crippen LogP contribution in [0.15, 0.2) is 24.3 Å². The number of nitrogens with two attached hydrogens (primary N) is 1. The van der Waals surface area contributed by atoms with Crippen LogP contribution in [-0.4, -0.2) is 45.9 Å². The largest absolute Gasteiger partial charge is 0.380 e. The molecule has 1 atom stereocenters. The van der Waals surface area contributed by atoms with Gasteiger partial charge in [-0.2, -0.15) is 4.68 Å². The zero-order chi connectivity index (χ0) is 15.2. The minimum absolute atomic E-state index is 0. The first kappa shape index (κ1) is 18.0. The highest BCUT2D eigenvalue weighted by atomic mass is 35.5. The number of nitrogens with one attached hydrogen (secondary N) is 1. The van der Waals surface area contributed by atoms with Crippen LogP contribution in [0.25, 0.3) is 5.69 Å². The number of aryl methyl sites for hydroxylation is 1. The van der Waals surface area contributed by atoms with E-state index in [9.17, 15) is 4.79 Å². The molecule has 120 valence electrons. The van der Waals surface area contributed by atoms with Gasteiger partial charge in [-0.1, -0.05) is 6.07 Å². The molecule has 0 radical (unpaired) electrons. The Morgan fingerprint density at radius 1 is 1.50 bits per heavy atom. The van der Waals surface area contributed by atoms with E-state index in [0.717, 1.165) is 5.69 Å². The van der Waals surface area contributed by atoms with E-state index in [-0.39, 0.29) is 30.8 Å². The first-order chi connectivity index (χ1) is 10.1. The summed E-state index contributed by atoms with van der Waals surface area (Å²) in [5.74, 6) is 0.513. The molecule has 0 saturated heterocycles. The van der Waals surface area contributed by atoms with Crippen LogP contribution in [0.1, 0.15) is 12.2 Å². The summed E-state index contributed by atoms with van der Waals surface area (Å²) in [7, 11) is 1.53. The van der Waals surface area contributed by atoms with E-state index in [4.69, 9.17) is 10.5 Å². The van der Waals surface area contributed by atoms with Crippen molar-refractivity contribution < 1.29 is 9.53 Å². The second-order valence-corrected chi connectivity index (χ2v) is 4.53. The van der Waals surface area contributed by atoms with E-state index >= 15 is 0 Å². The van der Waals surface area contributed by atoms with Crippen molar-refractivity contribution in [2.45, 2.75) is 19.4 Å². The standard InChI is InChI=1S/C13H18N6O2.ClH/c1-9-16-17-18-19(9)11-5-3-4-10(6-11)15-13(20)7-12(8-14)21-2;/h3-6,12H,7-8,14H2,1-2H3,(H,15,20);1H. The average Bonchev–Trinajstić information content (AvgIpc) is 2.91. The normalized spacial score (nSPS) is 11.6. The lowest BCUT2D eigenvalue weighted by molar-refractivity contribution is -0.118. The molecule has 9 heteroatoms. The van der Waals surface area contributed by atoms with Crippen LogP contribution in [0.5, 0.6) is 0 Å². The third kappa shape index (κ3) is 4.48. The molecule has 8 nitrogen and oxygen atoms in total. The molecular formula is C13H19ClN6O2. The van der Waals surface area contributed by atoms with Gasteiger partial charge < -0.3 is 15.8 Å². The van der Waals surface area contributed by atoms with Gasteiger partial charge in [0.2, 0.25) is 5.91 Å². The molecule has 0 bridgehead atoms. The van der Waals surface area contributed by atoms with Gasteiger partial charge in [0, 0.05) is 19.3 Å². The number of ether oxygens (including phenoxy) is 1. The number of anilines is 1. The number of amides is 1. The van der Waals surface area contributed by atoms with E-state index < -0.39 is 0 Å². The van der Waals surface area contributed by atoms with Crippen molar-refractivity contribution in [1.29, 1.82) is 0 Å². The van der Waals surface area contributed by atoms with E-state index in [1.165, 1.54) is 7.11 Å². The molecule has 1 heterocycles. The van der Waals surface area contributed by atoms with Crippen LogP contribution in [0.2, 0.25) is 0 Å². The molecule has 0 spiro atoms. The lowest BCUT2D eigenvalue weighted by atomic mass is 10.2. The molecule has 2 aromatic rings. The summed E-state index contributed by atoms with van der Waals surface area (Å²) < 4.78 is 6.68. The van der Waals surface area contributed by atoms with Gasteiger partial charge in [0.1, 0.15) is 0 Å². The highest BCUT2D eigenvalue weighted by Gasteiger charge is 2.12. The van der Waals surface area contributed by atoms with Gasteiger partial charge in [-0.25, -0.2) is 0 Å². The summed E-state index contributed by atoms with van der Waals surface area (Å²) in [6.45, 7) is 2.10. The molecule has 0 fully saturated rings. The number of carbonyl (C=O) groups excluding carboxylic acids is 1. The van der Waals surface area contributed by atoms with Crippen LogP contribution in [0.3, 0.4) is 0 Å². The molecule has 3 N–H and O–H groups in total. The number of hydrogen-bond donors (Lipinski definition) is 2. The second-order valence-electron chi connectivity index (χ2n) is 4.53. The summed E-state index contributed by atoms with van der Waals surface area (Å²) in [5, 5.41) is 14.1. The molecule has 0 aliphatic rings. The number of carbonyl (C=O) groups is 1. The van der Waals surface area contributed by atoms with Crippen molar-refractivity contribution >= 4 is 24.0 Å². The number of tetrazole rings is 1. The van der Waals surface area contributed by atoms with Gasteiger partial charge in [-0.05, 0) is 35.5 Å². The van der Waals surface area contributed by atoms with Crippen molar-refractivity contribution in [3.63, 3.8) is 0 Å². The fourth-order valence-corrected chi connectivity index (χ4v) is 1.87. The Morgan fingerprint density at radius 2 is 2.27 bits per heavy atom. The maximum absolute atomic E-state index is 11.9. The third-order valence-electron chi connectivity index (χ3n) is 3.01. The first-order valence-electron chi connectivity index (χ1n) is 6.52. The Kier molecular flexibility index (Phi) is 6.90. The molecule has 0 aliphatic carbocycles. The molecule has 1 amide bonds. The molecule has 0 saturated carbocycles. The highest BCUT2D eigenvalue weighted by molar-refractivity contribution is 5.91. The quantitative estimate of drug-likeness (QED) is 0.808. The molecular weight excluding hydrogens is 308 g/mol. The lowest BCUT2D eigenvalue weighted by Crippen LogP contribution is -2.28. The number of halogens is 1. The first-order valence-corrected chi connectivity index (χ1v) is 6.52. The van der Waals surface area contributed by atoms with Crippen LogP contribution in [0, 0.1) is 6.92 Å². The summed E-state index contributed by atoms with van der Waals surface area (Å²) >= 11 is 0. The minimum Gasteiger partial charge on any atom is -0.380 e. The van der Waals surface area contributed by atoms with Crippen molar-refractivity contribution in [3.05, 3.63) is 30.1 Å². The van der Waals surface area contributed by atoms with Crippen molar-refractivity contribution in [2.75, 3.05) is 19.0 Å². The maximum Gasteiger partial charge on any atom is 0.227 e. The zero-order valence-corrected chi connectivity index (χ0v) is 13.2. The van der Waals surface area contributed by atoms with Crippen molar-refractivity contribution in [2.24, 2.45) is 5.73 Å². The Hall–Kier alpha value is -2.03. The molecule has 1 aromatic heterocycles. The molecule has 1 aromatic carbocycles. The minimum atomic E-state index is -0.282. The topological polar surface area (TPSA) is 108 Å².